The monoisotopic (exact) mass is 467 g/mol. The van der Waals surface area contributed by atoms with Crippen molar-refractivity contribution < 1.29 is 9.53 Å². The second-order valence-corrected chi connectivity index (χ2v) is 9.05. The number of nitrogens with one attached hydrogen (secondary N) is 1. The summed E-state index contributed by atoms with van der Waals surface area (Å²) in [6.45, 7) is 11.8. The molecule has 0 fully saturated rings. The Morgan fingerprint density at radius 3 is 2.61 bits per heavy atom. The summed E-state index contributed by atoms with van der Waals surface area (Å²) in [7, 11) is 0. The molecule has 1 aliphatic heterocycles. The van der Waals surface area contributed by atoms with E-state index in [0.717, 1.165) is 38.2 Å². The number of carbonyl (C=O) groups is 1. The number of benzene rings is 2. The molecule has 0 bridgehead atoms. The van der Waals surface area contributed by atoms with Crippen molar-refractivity contribution in [3.05, 3.63) is 59.2 Å². The highest BCUT2D eigenvalue weighted by Gasteiger charge is 2.20. The third-order valence-corrected chi connectivity index (χ3v) is 6.57. The fourth-order valence-electron chi connectivity index (χ4n) is 4.27. The number of nitrogens with zero attached hydrogens (tertiary/aromatic N) is 2. The molecule has 1 atom stereocenters. The van der Waals surface area contributed by atoms with Gasteiger partial charge in [0.15, 0.2) is 5.11 Å². The largest absolute Gasteiger partial charge is 0.462 e. The van der Waals surface area contributed by atoms with Crippen LogP contribution in [0.25, 0.3) is 0 Å². The summed E-state index contributed by atoms with van der Waals surface area (Å²) in [5.74, 6) is -0.308. The number of fused-ring (bicyclic) bond motifs is 1. The van der Waals surface area contributed by atoms with E-state index in [1.54, 1.807) is 19.1 Å². The lowest BCUT2D eigenvalue weighted by atomic mass is 9.98. The minimum Gasteiger partial charge on any atom is -0.462 e. The Balaban J connectivity index is 1.72. The average Bonchev–Trinajstić information content (AvgIpc) is 2.82. The zero-order chi connectivity index (χ0) is 23.8. The lowest BCUT2D eigenvalue weighted by Crippen LogP contribution is -2.40. The van der Waals surface area contributed by atoms with Crippen LogP contribution < -0.4 is 10.2 Å². The maximum atomic E-state index is 11.9. The Hall–Kier alpha value is -2.60. The Labute approximate surface area is 204 Å². The van der Waals surface area contributed by atoms with Crippen molar-refractivity contribution in [3.63, 3.8) is 0 Å². The maximum absolute atomic E-state index is 11.9. The summed E-state index contributed by atoms with van der Waals surface area (Å²) in [5.41, 5.74) is 5.53. The van der Waals surface area contributed by atoms with E-state index < -0.39 is 0 Å². The predicted octanol–water partition coefficient (Wildman–Crippen LogP) is 6.02. The quantitative estimate of drug-likeness (QED) is 0.359. The number of hydrogen-bond acceptors (Lipinski definition) is 4. The maximum Gasteiger partial charge on any atom is 0.338 e. The number of esters is 1. The van der Waals surface area contributed by atoms with Crippen LogP contribution in [0.1, 0.15) is 68.4 Å². The van der Waals surface area contributed by atoms with Gasteiger partial charge in [-0.05, 0) is 93.2 Å². The van der Waals surface area contributed by atoms with Crippen LogP contribution in [0.5, 0.6) is 0 Å². The van der Waals surface area contributed by atoms with Crippen molar-refractivity contribution in [3.8, 4) is 0 Å². The molecule has 0 amide bonds. The standard InChI is InChI=1S/C27H37N3O2S/c1-5-16-29-17-8-9-23-18-21(10-15-25(23)29)19-30(20(4)6-2)27(33)28-24-13-11-22(12-14-24)26(31)32-7-3/h10-15,18,20H,5-9,16-17,19H2,1-4H3,(H,28,33)/t20-/m0/s1. The number of anilines is 2. The fourth-order valence-corrected chi connectivity index (χ4v) is 4.64. The number of hydrogen-bond donors (Lipinski definition) is 1. The molecular weight excluding hydrogens is 430 g/mol. The Morgan fingerprint density at radius 1 is 1.18 bits per heavy atom. The summed E-state index contributed by atoms with van der Waals surface area (Å²) in [5, 5.41) is 4.05. The van der Waals surface area contributed by atoms with Crippen LogP contribution in [-0.2, 0) is 17.7 Å². The predicted molar refractivity (Wildman–Crippen MR) is 141 cm³/mol. The van der Waals surface area contributed by atoms with E-state index in [9.17, 15) is 4.79 Å². The molecular formula is C27H37N3O2S. The van der Waals surface area contributed by atoms with E-state index in [4.69, 9.17) is 17.0 Å². The molecule has 2 aromatic rings. The third kappa shape index (κ3) is 6.47. The van der Waals surface area contributed by atoms with Gasteiger partial charge >= 0.3 is 5.97 Å². The first-order chi connectivity index (χ1) is 16.0. The first-order valence-corrected chi connectivity index (χ1v) is 12.6. The van der Waals surface area contributed by atoms with Crippen LogP contribution in [0, 0.1) is 0 Å². The normalized spacial score (nSPS) is 13.8. The van der Waals surface area contributed by atoms with Gasteiger partial charge in [0, 0.05) is 37.1 Å². The molecule has 0 unspecified atom stereocenters. The van der Waals surface area contributed by atoms with Crippen molar-refractivity contribution in [1.82, 2.24) is 4.90 Å². The molecule has 33 heavy (non-hydrogen) atoms. The zero-order valence-electron chi connectivity index (χ0n) is 20.4. The lowest BCUT2D eigenvalue weighted by molar-refractivity contribution is 0.0526. The van der Waals surface area contributed by atoms with Gasteiger partial charge in [-0.15, -0.1) is 0 Å². The topological polar surface area (TPSA) is 44.8 Å². The van der Waals surface area contributed by atoms with Crippen LogP contribution in [-0.4, -0.2) is 41.7 Å². The smallest absolute Gasteiger partial charge is 0.338 e. The molecule has 0 saturated heterocycles. The van der Waals surface area contributed by atoms with Gasteiger partial charge < -0.3 is 19.9 Å². The summed E-state index contributed by atoms with van der Waals surface area (Å²) in [6.07, 6.45) is 4.53. The molecule has 0 aliphatic carbocycles. The second kappa shape index (κ2) is 12.0. The Bertz CT molecular complexity index is 945. The van der Waals surface area contributed by atoms with Crippen molar-refractivity contribution in [2.45, 2.75) is 66.0 Å². The van der Waals surface area contributed by atoms with E-state index in [1.807, 2.05) is 12.1 Å². The van der Waals surface area contributed by atoms with Gasteiger partial charge in [-0.3, -0.25) is 0 Å². The van der Waals surface area contributed by atoms with Crippen LogP contribution in [0.2, 0.25) is 0 Å². The Morgan fingerprint density at radius 2 is 1.94 bits per heavy atom. The summed E-state index contributed by atoms with van der Waals surface area (Å²) in [4.78, 5) is 16.7. The van der Waals surface area contributed by atoms with E-state index >= 15 is 0 Å². The second-order valence-electron chi connectivity index (χ2n) is 8.67. The first kappa shape index (κ1) is 25.0. The molecule has 6 heteroatoms. The highest BCUT2D eigenvalue weighted by Crippen LogP contribution is 2.29. The first-order valence-electron chi connectivity index (χ1n) is 12.2. The highest BCUT2D eigenvalue weighted by atomic mass is 32.1. The highest BCUT2D eigenvalue weighted by molar-refractivity contribution is 7.80. The Kier molecular flexibility index (Phi) is 9.12. The summed E-state index contributed by atoms with van der Waals surface area (Å²) < 4.78 is 5.06. The lowest BCUT2D eigenvalue weighted by Gasteiger charge is -2.33. The SMILES string of the molecule is CCCN1CCCc2cc(CN(C(=S)Nc3ccc(C(=O)OCC)cc3)[C@@H](C)CC)ccc21. The number of thiocarbonyl (C=S) groups is 1. The molecule has 0 radical (unpaired) electrons. The number of ether oxygens (including phenoxy) is 1. The van der Waals surface area contributed by atoms with Gasteiger partial charge in [0.1, 0.15) is 0 Å². The molecule has 5 nitrogen and oxygen atoms in total. The average molecular weight is 468 g/mol. The number of aryl methyl sites for hydroxylation is 1. The molecule has 0 spiro atoms. The van der Waals surface area contributed by atoms with Crippen LogP contribution >= 0.6 is 12.2 Å². The third-order valence-electron chi connectivity index (χ3n) is 6.24. The van der Waals surface area contributed by atoms with Gasteiger partial charge in [0.25, 0.3) is 0 Å². The molecule has 178 valence electrons. The number of carbonyl (C=O) groups excluding carboxylic acids is 1. The van der Waals surface area contributed by atoms with Gasteiger partial charge in [-0.2, -0.15) is 0 Å². The minimum atomic E-state index is -0.308. The molecule has 1 heterocycles. The van der Waals surface area contributed by atoms with Crippen molar-refractivity contribution in [1.29, 1.82) is 0 Å². The van der Waals surface area contributed by atoms with Crippen LogP contribution in [0.4, 0.5) is 11.4 Å². The van der Waals surface area contributed by atoms with E-state index in [-0.39, 0.29) is 5.97 Å². The summed E-state index contributed by atoms with van der Waals surface area (Å²) >= 11 is 5.81. The van der Waals surface area contributed by atoms with Gasteiger partial charge in [-0.25, -0.2) is 4.79 Å². The van der Waals surface area contributed by atoms with Crippen LogP contribution in [0.3, 0.4) is 0 Å². The molecule has 2 aromatic carbocycles. The van der Waals surface area contributed by atoms with E-state index in [1.165, 1.54) is 29.7 Å². The van der Waals surface area contributed by atoms with Crippen molar-refractivity contribution in [2.75, 3.05) is 29.9 Å². The minimum absolute atomic E-state index is 0.302. The molecule has 1 aliphatic rings. The molecule has 0 aromatic heterocycles. The number of rotatable bonds is 9. The van der Waals surface area contributed by atoms with Crippen molar-refractivity contribution >= 4 is 34.7 Å². The van der Waals surface area contributed by atoms with Gasteiger partial charge in [0.05, 0.1) is 12.2 Å². The zero-order valence-corrected chi connectivity index (χ0v) is 21.2. The van der Waals surface area contributed by atoms with E-state index in [0.29, 0.717) is 23.3 Å². The fraction of sp³-hybridized carbons (Fsp3) is 0.481. The van der Waals surface area contributed by atoms with Gasteiger partial charge in [-0.1, -0.05) is 26.0 Å². The van der Waals surface area contributed by atoms with Crippen molar-refractivity contribution in [2.24, 2.45) is 0 Å². The molecule has 3 rings (SSSR count). The van der Waals surface area contributed by atoms with Gasteiger partial charge in [0.2, 0.25) is 0 Å². The molecule has 1 N–H and O–H groups in total. The molecule has 0 saturated carbocycles. The van der Waals surface area contributed by atoms with E-state index in [2.05, 4.69) is 54.1 Å². The van der Waals surface area contributed by atoms with Crippen LogP contribution in [0.15, 0.2) is 42.5 Å². The summed E-state index contributed by atoms with van der Waals surface area (Å²) in [6, 6.07) is 14.5.